The monoisotopic (exact) mass is 547 g/mol. The van der Waals surface area contributed by atoms with Crippen LogP contribution in [0.4, 0.5) is 0 Å². The molecule has 0 amide bonds. The van der Waals surface area contributed by atoms with E-state index in [-0.39, 0.29) is 17.6 Å². The number of fused-ring (bicyclic) bond motifs is 1. The van der Waals surface area contributed by atoms with Gasteiger partial charge < -0.3 is 9.47 Å². The van der Waals surface area contributed by atoms with Crippen LogP contribution in [0.1, 0.15) is 50.3 Å². The largest absolute Gasteiger partial charge is 0.496 e. The van der Waals surface area contributed by atoms with Crippen molar-refractivity contribution in [2.24, 2.45) is 5.10 Å². The summed E-state index contributed by atoms with van der Waals surface area (Å²) in [4.78, 5) is 18.5. The summed E-state index contributed by atoms with van der Waals surface area (Å²) in [6.45, 7) is 10.2. The average molecular weight is 548 g/mol. The lowest BCUT2D eigenvalue weighted by atomic mass is 9.96. The lowest BCUT2D eigenvalue weighted by molar-refractivity contribution is 0.241. The maximum Gasteiger partial charge on any atom is 0.282 e. The number of nitrogens with zero attached hydrogens (tertiary/aromatic N) is 3. The summed E-state index contributed by atoms with van der Waals surface area (Å²) in [6, 6.07) is 17.1. The van der Waals surface area contributed by atoms with E-state index in [1.807, 2.05) is 63.2 Å². The topological polar surface area (TPSA) is 65.7 Å². The van der Waals surface area contributed by atoms with Crippen LogP contribution in [0.2, 0.25) is 0 Å². The first kappa shape index (κ1) is 25.6. The summed E-state index contributed by atoms with van der Waals surface area (Å²) >= 11 is 3.57. The Kier molecular flexibility index (Phi) is 7.59. The van der Waals surface area contributed by atoms with Crippen LogP contribution in [0, 0.1) is 6.92 Å². The Hall–Kier alpha value is -3.45. The van der Waals surface area contributed by atoms with E-state index >= 15 is 0 Å². The zero-order valence-corrected chi connectivity index (χ0v) is 23.0. The zero-order valence-electron chi connectivity index (χ0n) is 21.4. The molecular formula is C29H30BrN3O3. The summed E-state index contributed by atoms with van der Waals surface area (Å²) in [6.07, 6.45) is 1.72. The van der Waals surface area contributed by atoms with Crippen LogP contribution in [0.5, 0.6) is 11.5 Å². The minimum atomic E-state index is -0.230. The highest BCUT2D eigenvalue weighted by atomic mass is 79.9. The minimum absolute atomic E-state index is 0.0640. The molecule has 0 saturated carbocycles. The summed E-state index contributed by atoms with van der Waals surface area (Å²) in [7, 11) is 1.67. The summed E-state index contributed by atoms with van der Waals surface area (Å²) in [5.41, 5.74) is 4.04. The smallest absolute Gasteiger partial charge is 0.282 e. The lowest BCUT2D eigenvalue weighted by Gasteiger charge is -2.17. The van der Waals surface area contributed by atoms with Gasteiger partial charge in [0.15, 0.2) is 5.82 Å². The van der Waals surface area contributed by atoms with E-state index in [0.29, 0.717) is 16.7 Å². The van der Waals surface area contributed by atoms with Gasteiger partial charge in [-0.1, -0.05) is 26.0 Å². The molecule has 1 aromatic heterocycles. The van der Waals surface area contributed by atoms with Crippen molar-refractivity contribution in [1.29, 1.82) is 0 Å². The fourth-order valence-corrected chi connectivity index (χ4v) is 4.53. The van der Waals surface area contributed by atoms with Gasteiger partial charge in [0.25, 0.3) is 5.56 Å². The van der Waals surface area contributed by atoms with Crippen molar-refractivity contribution in [3.05, 3.63) is 86.1 Å². The molecule has 186 valence electrons. The van der Waals surface area contributed by atoms with Crippen LogP contribution in [-0.2, 0) is 0 Å². The molecule has 0 fully saturated rings. The van der Waals surface area contributed by atoms with Crippen molar-refractivity contribution in [2.45, 2.75) is 46.6 Å². The first-order valence-electron chi connectivity index (χ1n) is 11.9. The molecule has 0 atom stereocenters. The lowest BCUT2D eigenvalue weighted by Crippen LogP contribution is -2.20. The van der Waals surface area contributed by atoms with Gasteiger partial charge in [-0.05, 0) is 102 Å². The Morgan fingerprint density at radius 2 is 1.78 bits per heavy atom. The normalized spacial score (nSPS) is 11.7. The Labute approximate surface area is 219 Å². The number of methoxy groups -OCH3 is 1. The maximum atomic E-state index is 13.6. The van der Waals surface area contributed by atoms with E-state index in [1.54, 1.807) is 19.4 Å². The number of aryl methyl sites for hydroxylation is 1. The van der Waals surface area contributed by atoms with E-state index in [0.717, 1.165) is 38.2 Å². The number of aromatic nitrogens is 2. The predicted octanol–water partition coefficient (Wildman–Crippen LogP) is 6.94. The van der Waals surface area contributed by atoms with Gasteiger partial charge in [-0.2, -0.15) is 9.78 Å². The number of benzene rings is 3. The van der Waals surface area contributed by atoms with E-state index in [2.05, 4.69) is 40.9 Å². The van der Waals surface area contributed by atoms with Crippen LogP contribution in [-0.4, -0.2) is 29.1 Å². The van der Waals surface area contributed by atoms with Crippen molar-refractivity contribution in [2.75, 3.05) is 7.11 Å². The van der Waals surface area contributed by atoms with Crippen LogP contribution in [0.3, 0.4) is 0 Å². The molecule has 0 N–H and O–H groups in total. The quantitative estimate of drug-likeness (QED) is 0.235. The second-order valence-corrected chi connectivity index (χ2v) is 10.1. The first-order chi connectivity index (χ1) is 17.2. The number of para-hydroxylation sites is 1. The third-order valence-electron chi connectivity index (χ3n) is 5.83. The van der Waals surface area contributed by atoms with Crippen molar-refractivity contribution in [1.82, 2.24) is 9.66 Å². The van der Waals surface area contributed by atoms with Crippen LogP contribution < -0.4 is 15.0 Å². The summed E-state index contributed by atoms with van der Waals surface area (Å²) in [5.74, 6) is 2.28. The van der Waals surface area contributed by atoms with E-state index < -0.39 is 0 Å². The van der Waals surface area contributed by atoms with Crippen LogP contribution in [0.15, 0.2) is 69.0 Å². The molecule has 36 heavy (non-hydrogen) atoms. The molecule has 3 aromatic carbocycles. The second kappa shape index (κ2) is 10.7. The molecule has 0 bridgehead atoms. The predicted molar refractivity (Wildman–Crippen MR) is 150 cm³/mol. The van der Waals surface area contributed by atoms with E-state index in [9.17, 15) is 4.79 Å². The summed E-state index contributed by atoms with van der Waals surface area (Å²) in [5, 5.41) is 5.13. The second-order valence-electron chi connectivity index (χ2n) is 9.23. The van der Waals surface area contributed by atoms with Crippen LogP contribution in [0.25, 0.3) is 22.3 Å². The number of hydrogen-bond acceptors (Lipinski definition) is 5. The van der Waals surface area contributed by atoms with E-state index in [4.69, 9.17) is 14.5 Å². The molecule has 4 rings (SSSR count). The van der Waals surface area contributed by atoms with Gasteiger partial charge >= 0.3 is 0 Å². The van der Waals surface area contributed by atoms with Crippen LogP contribution >= 0.6 is 15.9 Å². The summed E-state index contributed by atoms with van der Waals surface area (Å²) < 4.78 is 13.6. The number of ether oxygens (including phenoxy) is 2. The number of hydrogen-bond donors (Lipinski definition) is 0. The van der Waals surface area contributed by atoms with Gasteiger partial charge in [-0.15, -0.1) is 0 Å². The standard InChI is InChI=1S/C29H30BrN3O3/c1-17(2)22-15-23(19(5)13-27(22)35-6)28-32-25-10-8-7-9-21(25)29(34)33(28)31-16-20-11-12-26(24(30)14-20)36-18(3)4/h7-18H,1-6H3. The fraction of sp³-hybridized carbons (Fsp3) is 0.276. The molecule has 6 nitrogen and oxygen atoms in total. The number of halogens is 1. The third kappa shape index (κ3) is 5.21. The Morgan fingerprint density at radius 1 is 1.03 bits per heavy atom. The minimum Gasteiger partial charge on any atom is -0.496 e. The van der Waals surface area contributed by atoms with Gasteiger partial charge in [0.2, 0.25) is 0 Å². The van der Waals surface area contributed by atoms with Crippen molar-refractivity contribution in [3.8, 4) is 22.9 Å². The zero-order chi connectivity index (χ0) is 26.0. The SMILES string of the molecule is COc1cc(C)c(-c2nc3ccccc3c(=O)n2N=Cc2ccc(OC(C)C)c(Br)c2)cc1C(C)C. The van der Waals surface area contributed by atoms with Crippen molar-refractivity contribution < 1.29 is 9.47 Å². The first-order valence-corrected chi connectivity index (χ1v) is 12.7. The van der Waals surface area contributed by atoms with E-state index in [1.165, 1.54) is 4.68 Å². The average Bonchev–Trinajstić information content (AvgIpc) is 2.84. The molecule has 0 radical (unpaired) electrons. The molecular weight excluding hydrogens is 518 g/mol. The highest BCUT2D eigenvalue weighted by Crippen LogP contribution is 2.34. The molecule has 0 spiro atoms. The van der Waals surface area contributed by atoms with Gasteiger partial charge in [0, 0.05) is 5.56 Å². The van der Waals surface area contributed by atoms with Gasteiger partial charge in [0.05, 0.1) is 34.8 Å². The van der Waals surface area contributed by atoms with Gasteiger partial charge in [-0.3, -0.25) is 4.79 Å². The molecule has 0 unspecified atom stereocenters. The molecule has 1 heterocycles. The Bertz CT molecular complexity index is 1510. The van der Waals surface area contributed by atoms with Gasteiger partial charge in [0.1, 0.15) is 11.5 Å². The Balaban J connectivity index is 1.90. The third-order valence-corrected chi connectivity index (χ3v) is 6.45. The molecule has 7 heteroatoms. The molecule has 4 aromatic rings. The molecule has 0 aliphatic rings. The van der Waals surface area contributed by atoms with Gasteiger partial charge in [-0.25, -0.2) is 4.98 Å². The molecule has 0 aliphatic carbocycles. The highest BCUT2D eigenvalue weighted by molar-refractivity contribution is 9.10. The molecule has 0 saturated heterocycles. The highest BCUT2D eigenvalue weighted by Gasteiger charge is 2.18. The number of rotatable bonds is 7. The Morgan fingerprint density at radius 3 is 2.44 bits per heavy atom. The fourth-order valence-electron chi connectivity index (χ4n) is 4.04. The van der Waals surface area contributed by atoms with Crippen molar-refractivity contribution in [3.63, 3.8) is 0 Å². The van der Waals surface area contributed by atoms with Crippen molar-refractivity contribution >= 4 is 33.0 Å². The molecule has 0 aliphatic heterocycles. The maximum absolute atomic E-state index is 13.6.